The molecule has 8 rings (SSSR count). The molecule has 0 N–H and O–H groups in total. The molecule has 2 heteroatoms. The molecule has 0 aliphatic rings. The summed E-state index contributed by atoms with van der Waals surface area (Å²) in [5.74, 6) is 0.739. The van der Waals surface area contributed by atoms with E-state index in [1.54, 1.807) is 0 Å². The third-order valence-electron chi connectivity index (χ3n) is 7.95. The summed E-state index contributed by atoms with van der Waals surface area (Å²) in [7, 11) is 0. The van der Waals surface area contributed by atoms with Crippen LogP contribution in [-0.2, 0) is 0 Å². The highest BCUT2D eigenvalue weighted by Gasteiger charge is 2.18. The first kappa shape index (κ1) is 28.8. The minimum absolute atomic E-state index is 0.739. The summed E-state index contributed by atoms with van der Waals surface area (Å²) in [6, 6.07) is 47.5. The second-order valence-corrected chi connectivity index (χ2v) is 10.2. The standard InChI is InChI=1S/C38H24N2.2C2H6/c1-2-10-25(11-3-1)29-23-39-38(40-24-29)37-34-16-8-6-14-32(34)36(33-15-7-9-17-35(33)37)28-20-21-31-27(22-28)19-18-26-12-4-5-13-30(26)31;2*1-2/h1-24H;2*1-2H3. The lowest BCUT2D eigenvalue weighted by Crippen LogP contribution is -1.95. The van der Waals surface area contributed by atoms with Crippen molar-refractivity contribution in [3.8, 4) is 33.6 Å². The topological polar surface area (TPSA) is 25.8 Å². The quantitative estimate of drug-likeness (QED) is 0.156. The lowest BCUT2D eigenvalue weighted by Gasteiger charge is -2.17. The van der Waals surface area contributed by atoms with Gasteiger partial charge in [0.05, 0.1) is 0 Å². The molecule has 44 heavy (non-hydrogen) atoms. The summed E-state index contributed by atoms with van der Waals surface area (Å²) in [6.07, 6.45) is 3.87. The highest BCUT2D eigenvalue weighted by atomic mass is 14.9. The fourth-order valence-corrected chi connectivity index (χ4v) is 6.09. The molecule has 8 aromatic rings. The molecule has 0 fully saturated rings. The number of hydrogen-bond acceptors (Lipinski definition) is 2. The molecular weight excluding hydrogens is 532 g/mol. The van der Waals surface area contributed by atoms with Gasteiger partial charge < -0.3 is 0 Å². The van der Waals surface area contributed by atoms with Crippen molar-refractivity contribution in [1.82, 2.24) is 9.97 Å². The summed E-state index contributed by atoms with van der Waals surface area (Å²) in [5, 5.41) is 9.78. The Morgan fingerprint density at radius 3 is 1.43 bits per heavy atom. The Hall–Kier alpha value is -5.34. The average molecular weight is 569 g/mol. The van der Waals surface area contributed by atoms with Crippen molar-refractivity contribution in [3.63, 3.8) is 0 Å². The van der Waals surface area contributed by atoms with Crippen molar-refractivity contribution in [2.24, 2.45) is 0 Å². The monoisotopic (exact) mass is 568 g/mol. The van der Waals surface area contributed by atoms with Crippen molar-refractivity contribution in [2.75, 3.05) is 0 Å². The number of fused-ring (bicyclic) bond motifs is 5. The molecule has 0 radical (unpaired) electrons. The Morgan fingerprint density at radius 2 is 0.818 bits per heavy atom. The lowest BCUT2D eigenvalue weighted by molar-refractivity contribution is 1.19. The van der Waals surface area contributed by atoms with Gasteiger partial charge in [0.15, 0.2) is 5.82 Å². The summed E-state index contributed by atoms with van der Waals surface area (Å²) < 4.78 is 0. The van der Waals surface area contributed by atoms with Crippen LogP contribution in [0.2, 0.25) is 0 Å². The maximum Gasteiger partial charge on any atom is 0.160 e. The van der Waals surface area contributed by atoms with Crippen LogP contribution < -0.4 is 0 Å². The van der Waals surface area contributed by atoms with Crippen molar-refractivity contribution in [3.05, 3.63) is 146 Å². The van der Waals surface area contributed by atoms with E-state index in [2.05, 4.69) is 115 Å². The highest BCUT2D eigenvalue weighted by molar-refractivity contribution is 6.21. The molecule has 0 saturated carbocycles. The molecule has 1 heterocycles. The first-order chi connectivity index (χ1) is 21.8. The third-order valence-corrected chi connectivity index (χ3v) is 7.95. The largest absolute Gasteiger partial charge is 0.236 e. The summed E-state index contributed by atoms with van der Waals surface area (Å²) in [4.78, 5) is 9.77. The van der Waals surface area contributed by atoms with Gasteiger partial charge in [-0.2, -0.15) is 0 Å². The van der Waals surface area contributed by atoms with Crippen molar-refractivity contribution in [2.45, 2.75) is 27.7 Å². The second-order valence-electron chi connectivity index (χ2n) is 10.2. The Morgan fingerprint density at radius 1 is 0.341 bits per heavy atom. The molecule has 0 bridgehead atoms. The van der Waals surface area contributed by atoms with Gasteiger partial charge in [0, 0.05) is 23.5 Å². The SMILES string of the molecule is CC.CC.c1ccc(-c2cnc(-c3c4ccccc4c(-c4ccc5c(ccc6ccccc65)c4)c4ccccc34)nc2)cc1. The fraction of sp³-hybridized carbons (Fsp3) is 0.0952. The Labute approximate surface area is 259 Å². The van der Waals surface area contributed by atoms with Crippen LogP contribution in [0.5, 0.6) is 0 Å². The number of nitrogens with zero attached hydrogens (tertiary/aromatic N) is 2. The predicted molar refractivity (Wildman–Crippen MR) is 191 cm³/mol. The Balaban J connectivity index is 0.000000826. The molecule has 0 spiro atoms. The Kier molecular flexibility index (Phi) is 8.43. The average Bonchev–Trinajstić information content (AvgIpc) is 3.12. The third kappa shape index (κ3) is 5.09. The summed E-state index contributed by atoms with van der Waals surface area (Å²) >= 11 is 0. The molecule has 1 aromatic heterocycles. The van der Waals surface area contributed by atoms with Crippen molar-refractivity contribution >= 4 is 43.1 Å². The van der Waals surface area contributed by atoms with Gasteiger partial charge in [-0.1, -0.05) is 155 Å². The van der Waals surface area contributed by atoms with Crippen LogP contribution in [0.15, 0.2) is 146 Å². The molecule has 214 valence electrons. The molecular formula is C42H36N2. The molecule has 7 aromatic carbocycles. The van der Waals surface area contributed by atoms with Gasteiger partial charge in [-0.25, -0.2) is 9.97 Å². The van der Waals surface area contributed by atoms with E-state index in [1.807, 2.05) is 58.3 Å². The molecule has 0 aliphatic heterocycles. The van der Waals surface area contributed by atoms with Crippen LogP contribution in [0.25, 0.3) is 76.7 Å². The summed E-state index contributed by atoms with van der Waals surface area (Å²) in [5.41, 5.74) is 5.65. The number of benzene rings is 7. The zero-order valence-corrected chi connectivity index (χ0v) is 25.8. The minimum atomic E-state index is 0.739. The molecule has 0 aliphatic carbocycles. The highest BCUT2D eigenvalue weighted by Crippen LogP contribution is 2.43. The van der Waals surface area contributed by atoms with E-state index < -0.39 is 0 Å². The first-order valence-electron chi connectivity index (χ1n) is 15.6. The Bertz CT molecular complexity index is 2140. The van der Waals surface area contributed by atoms with Crippen LogP contribution in [0.1, 0.15) is 27.7 Å². The van der Waals surface area contributed by atoms with Gasteiger partial charge in [-0.05, 0) is 65.8 Å². The van der Waals surface area contributed by atoms with E-state index >= 15 is 0 Å². The maximum atomic E-state index is 4.89. The van der Waals surface area contributed by atoms with E-state index in [4.69, 9.17) is 9.97 Å². The number of rotatable bonds is 3. The molecule has 0 unspecified atom stereocenters. The van der Waals surface area contributed by atoms with E-state index in [0.29, 0.717) is 0 Å². The van der Waals surface area contributed by atoms with Crippen LogP contribution in [0.3, 0.4) is 0 Å². The molecule has 0 amide bonds. The van der Waals surface area contributed by atoms with E-state index in [-0.39, 0.29) is 0 Å². The van der Waals surface area contributed by atoms with Gasteiger partial charge >= 0.3 is 0 Å². The van der Waals surface area contributed by atoms with Crippen LogP contribution >= 0.6 is 0 Å². The summed E-state index contributed by atoms with van der Waals surface area (Å²) in [6.45, 7) is 8.00. The smallest absolute Gasteiger partial charge is 0.160 e. The predicted octanol–water partition coefficient (Wildman–Crippen LogP) is 12.1. The van der Waals surface area contributed by atoms with E-state index in [1.165, 1.54) is 43.4 Å². The van der Waals surface area contributed by atoms with Gasteiger partial charge in [-0.15, -0.1) is 0 Å². The van der Waals surface area contributed by atoms with E-state index in [9.17, 15) is 0 Å². The zero-order chi connectivity index (χ0) is 30.5. The fourth-order valence-electron chi connectivity index (χ4n) is 6.09. The number of hydrogen-bond donors (Lipinski definition) is 0. The van der Waals surface area contributed by atoms with Gasteiger partial charge in [0.2, 0.25) is 0 Å². The number of aromatic nitrogens is 2. The zero-order valence-electron chi connectivity index (χ0n) is 25.8. The van der Waals surface area contributed by atoms with Gasteiger partial charge in [-0.3, -0.25) is 0 Å². The minimum Gasteiger partial charge on any atom is -0.236 e. The molecule has 0 saturated heterocycles. The van der Waals surface area contributed by atoms with Gasteiger partial charge in [0.25, 0.3) is 0 Å². The molecule has 0 atom stereocenters. The maximum absolute atomic E-state index is 4.89. The van der Waals surface area contributed by atoms with Gasteiger partial charge in [0.1, 0.15) is 0 Å². The van der Waals surface area contributed by atoms with Crippen molar-refractivity contribution < 1.29 is 0 Å². The van der Waals surface area contributed by atoms with E-state index in [0.717, 1.165) is 33.3 Å². The second kappa shape index (κ2) is 12.9. The normalized spacial score (nSPS) is 10.7. The van der Waals surface area contributed by atoms with Crippen molar-refractivity contribution in [1.29, 1.82) is 0 Å². The first-order valence-corrected chi connectivity index (χ1v) is 15.6. The van der Waals surface area contributed by atoms with Crippen LogP contribution in [-0.4, -0.2) is 9.97 Å². The van der Waals surface area contributed by atoms with Crippen LogP contribution in [0, 0.1) is 0 Å². The van der Waals surface area contributed by atoms with Crippen LogP contribution in [0.4, 0.5) is 0 Å². The lowest BCUT2D eigenvalue weighted by atomic mass is 9.87. The molecule has 2 nitrogen and oxygen atoms in total.